The van der Waals surface area contributed by atoms with Crippen LogP contribution < -0.4 is 5.73 Å². The topological polar surface area (TPSA) is 118 Å². The van der Waals surface area contributed by atoms with Crippen molar-refractivity contribution in [3.8, 4) is 0 Å². The van der Waals surface area contributed by atoms with Crippen LogP contribution in [0.2, 0.25) is 0 Å². The average molecular weight is 307 g/mol. The zero-order chi connectivity index (χ0) is 15.5. The van der Waals surface area contributed by atoms with E-state index in [9.17, 15) is 5.11 Å². The lowest BCUT2D eigenvalue weighted by Crippen LogP contribution is -2.31. The number of ether oxygens (including phenoxy) is 3. The van der Waals surface area contributed by atoms with E-state index in [-0.39, 0.29) is 18.8 Å². The molecule has 2 aliphatic heterocycles. The molecule has 0 saturated carbocycles. The maximum atomic E-state index is 9.52. The van der Waals surface area contributed by atoms with E-state index >= 15 is 0 Å². The van der Waals surface area contributed by atoms with E-state index in [1.807, 2.05) is 13.8 Å². The molecule has 1 unspecified atom stereocenters. The summed E-state index contributed by atoms with van der Waals surface area (Å²) in [5.74, 6) is -0.421. The van der Waals surface area contributed by atoms with E-state index in [0.29, 0.717) is 17.0 Å². The van der Waals surface area contributed by atoms with Crippen molar-refractivity contribution < 1.29 is 19.3 Å². The number of aliphatic hydroxyl groups is 1. The lowest BCUT2D eigenvalue weighted by atomic mass is 10.1. The predicted molar refractivity (Wildman–Crippen MR) is 74.6 cm³/mol. The van der Waals surface area contributed by atoms with Gasteiger partial charge in [0, 0.05) is 0 Å². The van der Waals surface area contributed by atoms with Crippen LogP contribution in [-0.2, 0) is 14.2 Å². The third kappa shape index (κ3) is 1.90. The summed E-state index contributed by atoms with van der Waals surface area (Å²) in [5.41, 5.74) is 6.87. The second-order valence-corrected chi connectivity index (χ2v) is 5.90. The molecule has 118 valence electrons. The molecule has 0 spiro atoms. The summed E-state index contributed by atoms with van der Waals surface area (Å²) in [4.78, 5) is 12.4. The highest BCUT2D eigenvalue weighted by molar-refractivity contribution is 5.81. The molecule has 2 fully saturated rings. The van der Waals surface area contributed by atoms with Gasteiger partial charge in [-0.1, -0.05) is 0 Å². The van der Waals surface area contributed by atoms with Crippen LogP contribution in [0.15, 0.2) is 12.7 Å². The molecule has 0 bridgehead atoms. The van der Waals surface area contributed by atoms with Gasteiger partial charge in [-0.2, -0.15) is 0 Å². The Morgan fingerprint density at radius 1 is 1.27 bits per heavy atom. The molecule has 22 heavy (non-hydrogen) atoms. The number of hydrogen-bond donors (Lipinski definition) is 2. The molecule has 2 aromatic rings. The minimum Gasteiger partial charge on any atom is -0.394 e. The molecule has 3 N–H and O–H groups in total. The maximum Gasteiger partial charge on any atom is 0.167 e. The molecule has 2 aliphatic rings. The Bertz CT molecular complexity index is 718. The highest BCUT2D eigenvalue weighted by atomic mass is 16.8. The number of hydrogen-bond acceptors (Lipinski definition) is 8. The average Bonchev–Trinajstić information content (AvgIpc) is 3.10. The molecular weight excluding hydrogens is 290 g/mol. The molecule has 4 rings (SSSR count). The summed E-state index contributed by atoms with van der Waals surface area (Å²) in [6.45, 7) is 3.52. The standard InChI is InChI=1S/C13H17N5O4/c1-13(2)21-8-6(3-19)20-12(9(8)22-13)18-5-17-7-10(14)15-4-16-11(7)18/h4-6,8-9,12,19H,3H2,1-2H3,(H2,14,15,16)/t6-,8?,9+,12-/m1/s1. The van der Waals surface area contributed by atoms with Crippen molar-refractivity contribution in [1.29, 1.82) is 0 Å². The molecule has 0 amide bonds. The number of anilines is 1. The molecule has 4 atom stereocenters. The van der Waals surface area contributed by atoms with Gasteiger partial charge in [0.25, 0.3) is 0 Å². The van der Waals surface area contributed by atoms with Crippen LogP contribution in [0.25, 0.3) is 11.2 Å². The van der Waals surface area contributed by atoms with Crippen LogP contribution in [0.1, 0.15) is 20.1 Å². The van der Waals surface area contributed by atoms with Crippen molar-refractivity contribution in [3.63, 3.8) is 0 Å². The predicted octanol–water partition coefficient (Wildman–Crippen LogP) is -0.182. The molecule has 4 heterocycles. The molecular formula is C13H17N5O4. The first-order valence-electron chi connectivity index (χ1n) is 7.05. The lowest BCUT2D eigenvalue weighted by molar-refractivity contribution is -0.199. The first kappa shape index (κ1) is 13.8. The summed E-state index contributed by atoms with van der Waals surface area (Å²) in [6, 6.07) is 0. The van der Waals surface area contributed by atoms with Crippen LogP contribution in [0.5, 0.6) is 0 Å². The highest BCUT2D eigenvalue weighted by Crippen LogP contribution is 2.43. The molecule has 2 aromatic heterocycles. The molecule has 2 saturated heterocycles. The van der Waals surface area contributed by atoms with Crippen LogP contribution in [0, 0.1) is 0 Å². The summed E-state index contributed by atoms with van der Waals surface area (Å²) in [6.07, 6.45) is 1.30. The van der Waals surface area contributed by atoms with Crippen LogP contribution in [0.4, 0.5) is 5.82 Å². The van der Waals surface area contributed by atoms with Gasteiger partial charge in [0.05, 0.1) is 12.9 Å². The highest BCUT2D eigenvalue weighted by Gasteiger charge is 2.55. The van der Waals surface area contributed by atoms with E-state index < -0.39 is 18.1 Å². The molecule has 0 aliphatic carbocycles. The van der Waals surface area contributed by atoms with Gasteiger partial charge in [0.1, 0.15) is 30.2 Å². The molecule has 0 radical (unpaired) electrons. The van der Waals surface area contributed by atoms with Crippen molar-refractivity contribution in [2.75, 3.05) is 12.3 Å². The molecule has 9 heteroatoms. The molecule has 9 nitrogen and oxygen atoms in total. The van der Waals surface area contributed by atoms with Gasteiger partial charge >= 0.3 is 0 Å². The van der Waals surface area contributed by atoms with E-state index in [1.54, 1.807) is 10.9 Å². The fourth-order valence-corrected chi connectivity index (χ4v) is 3.09. The molecule has 0 aromatic carbocycles. The van der Waals surface area contributed by atoms with Gasteiger partial charge in [-0.05, 0) is 13.8 Å². The number of nitrogens with two attached hydrogens (primary N) is 1. The summed E-state index contributed by atoms with van der Waals surface area (Å²) >= 11 is 0. The Hall–Kier alpha value is -1.81. The van der Waals surface area contributed by atoms with Gasteiger partial charge in [-0.3, -0.25) is 4.57 Å². The quantitative estimate of drug-likeness (QED) is 0.784. The fourth-order valence-electron chi connectivity index (χ4n) is 3.09. The number of rotatable bonds is 2. The summed E-state index contributed by atoms with van der Waals surface area (Å²) in [5, 5.41) is 9.52. The third-order valence-corrected chi connectivity index (χ3v) is 3.97. The number of imidazole rings is 1. The van der Waals surface area contributed by atoms with E-state index in [2.05, 4.69) is 15.0 Å². The van der Waals surface area contributed by atoms with Gasteiger partial charge in [0.2, 0.25) is 0 Å². The number of fused-ring (bicyclic) bond motifs is 2. The first-order chi connectivity index (χ1) is 10.5. The van der Waals surface area contributed by atoms with Crippen molar-refractivity contribution >= 4 is 17.0 Å². The Labute approximate surface area is 126 Å². The minimum absolute atomic E-state index is 0.152. The van der Waals surface area contributed by atoms with Crippen LogP contribution in [-0.4, -0.2) is 55.3 Å². The zero-order valence-corrected chi connectivity index (χ0v) is 12.2. The second-order valence-electron chi connectivity index (χ2n) is 5.90. The summed E-state index contributed by atoms with van der Waals surface area (Å²) in [7, 11) is 0. The number of nitrogens with zero attached hydrogens (tertiary/aromatic N) is 4. The van der Waals surface area contributed by atoms with Crippen LogP contribution >= 0.6 is 0 Å². The maximum absolute atomic E-state index is 9.52. The van der Waals surface area contributed by atoms with Gasteiger partial charge in [0.15, 0.2) is 23.5 Å². The number of aromatic nitrogens is 4. The van der Waals surface area contributed by atoms with Gasteiger partial charge in [-0.25, -0.2) is 15.0 Å². The zero-order valence-electron chi connectivity index (χ0n) is 12.2. The first-order valence-corrected chi connectivity index (χ1v) is 7.05. The van der Waals surface area contributed by atoms with E-state index in [1.165, 1.54) is 6.33 Å². The van der Waals surface area contributed by atoms with E-state index in [0.717, 1.165) is 0 Å². The monoisotopic (exact) mass is 307 g/mol. The van der Waals surface area contributed by atoms with Gasteiger partial charge in [-0.15, -0.1) is 0 Å². The lowest BCUT2D eigenvalue weighted by Gasteiger charge is -2.24. The Morgan fingerprint density at radius 2 is 2.05 bits per heavy atom. The largest absolute Gasteiger partial charge is 0.394 e. The smallest absolute Gasteiger partial charge is 0.167 e. The van der Waals surface area contributed by atoms with Crippen molar-refractivity contribution in [3.05, 3.63) is 12.7 Å². The second kappa shape index (κ2) is 4.59. The van der Waals surface area contributed by atoms with Crippen LogP contribution in [0.3, 0.4) is 0 Å². The van der Waals surface area contributed by atoms with Gasteiger partial charge < -0.3 is 25.1 Å². The normalized spacial score (nSPS) is 33.4. The van der Waals surface area contributed by atoms with E-state index in [4.69, 9.17) is 19.9 Å². The SMILES string of the molecule is CC1(C)OC2[C@@H](CO)O[C@@H](n3cnc4c(N)ncnc43)[C@H]2O1. The summed E-state index contributed by atoms with van der Waals surface area (Å²) < 4.78 is 19.4. The Morgan fingerprint density at radius 3 is 2.82 bits per heavy atom. The number of aliphatic hydroxyl groups excluding tert-OH is 1. The Balaban J connectivity index is 1.77. The Kier molecular flexibility index (Phi) is 2.89. The van der Waals surface area contributed by atoms with Crippen molar-refractivity contribution in [1.82, 2.24) is 19.5 Å². The fraction of sp³-hybridized carbons (Fsp3) is 0.615. The third-order valence-electron chi connectivity index (χ3n) is 3.97. The minimum atomic E-state index is -0.727. The number of nitrogen functional groups attached to an aromatic ring is 1. The van der Waals surface area contributed by atoms with Crippen molar-refractivity contribution in [2.45, 2.75) is 44.2 Å². The van der Waals surface area contributed by atoms with Crippen molar-refractivity contribution in [2.24, 2.45) is 0 Å².